The number of halogens is 1. The summed E-state index contributed by atoms with van der Waals surface area (Å²) in [5.41, 5.74) is 4.42. The molecular weight excluding hydrogens is 493 g/mol. The van der Waals surface area contributed by atoms with E-state index in [1.165, 1.54) is 25.0 Å². The van der Waals surface area contributed by atoms with Crippen LogP contribution in [0, 0.1) is 45.3 Å². The molecule has 39 heavy (non-hydrogen) atoms. The maximum absolute atomic E-state index is 14.6. The largest absolute Gasteiger partial charge is 0.487 e. The highest BCUT2D eigenvalue weighted by Gasteiger charge is 2.50. The lowest BCUT2D eigenvalue weighted by atomic mass is 9.72. The number of hydrogen-bond acceptors (Lipinski definition) is 3. The average Bonchev–Trinajstić information content (AvgIpc) is 3.28. The molecule has 0 saturated carbocycles. The molecule has 1 heterocycles. The van der Waals surface area contributed by atoms with Gasteiger partial charge < -0.3 is 19.9 Å². The van der Waals surface area contributed by atoms with Crippen LogP contribution in [-0.4, -0.2) is 41.4 Å². The minimum Gasteiger partial charge on any atom is -0.481 e. The Morgan fingerprint density at radius 3 is 2.41 bits per heavy atom. The summed E-state index contributed by atoms with van der Waals surface area (Å²) in [6.45, 7) is 18.5. The first-order valence-electron chi connectivity index (χ1n) is 15.3. The second-order valence-electron chi connectivity index (χ2n) is 11.6. The minimum atomic E-state index is -1.57. The van der Waals surface area contributed by atoms with Gasteiger partial charge in [0.05, 0.1) is 11.5 Å². The second kappa shape index (κ2) is 10.9. The van der Waals surface area contributed by atoms with Crippen LogP contribution in [0.15, 0.2) is 30.3 Å². The summed E-state index contributed by atoms with van der Waals surface area (Å²) in [6, 6.07) is 7.72. The van der Waals surface area contributed by atoms with E-state index in [-0.39, 0.29) is 11.9 Å². The number of rotatable bonds is 11. The number of carbonyl (C=O) groups is 1. The van der Waals surface area contributed by atoms with Crippen LogP contribution in [0.5, 0.6) is 0 Å². The van der Waals surface area contributed by atoms with E-state index in [0.29, 0.717) is 5.56 Å². The third kappa shape index (κ3) is 5.42. The SMILES string of the molecule is [2H]OC(=O)C(C)[C@@](C)(C(C)[C@@](C)(/C=C/c1c(-c2ccc(F)c(C)c2C)c2cc(C)c(C)cc2n1C(C)CC)O[2H])[O+]([2H])[2H]. The summed E-state index contributed by atoms with van der Waals surface area (Å²) in [4.78, 5) is 12.4. The molecule has 0 amide bonds. The lowest BCUT2D eigenvalue weighted by Gasteiger charge is -2.37. The van der Waals surface area contributed by atoms with E-state index in [2.05, 4.69) is 49.5 Å². The van der Waals surface area contributed by atoms with Gasteiger partial charge in [0.2, 0.25) is 1.43 Å². The van der Waals surface area contributed by atoms with Crippen LogP contribution in [0.4, 0.5) is 4.39 Å². The lowest BCUT2D eigenvalue weighted by Crippen LogP contribution is -2.52. The molecule has 0 aliphatic carbocycles. The van der Waals surface area contributed by atoms with Crippen molar-refractivity contribution in [3.63, 3.8) is 0 Å². The molecule has 3 unspecified atom stereocenters. The molecule has 0 spiro atoms. The molecule has 5 nitrogen and oxygen atoms in total. The van der Waals surface area contributed by atoms with Crippen molar-refractivity contribution in [2.75, 3.05) is 0 Å². The van der Waals surface area contributed by atoms with E-state index < -0.39 is 29.0 Å². The van der Waals surface area contributed by atoms with Gasteiger partial charge in [-0.25, -0.2) is 4.39 Å². The standard InChI is InChI=1S/C33H44FNO4/c1-11-20(4)35-28(14-15-32(9,38)24(8)33(10,39)23(7)31(36)37)30(25-12-13-27(34)22(6)21(25)5)26-16-18(2)19(3)17-29(26)35/h12-17,20,23-24,38-39H,11H2,1-10H3,(H,36,37)/p+1/b15-14+/t20?,23?,24?,32-,33+/m1/s1/i38D,39D/hD2. The molecule has 1 aromatic heterocycles. The fraction of sp³-hybridized carbons (Fsp3) is 0.485. The Bertz CT molecular complexity index is 1540. The number of aliphatic carboxylic acids is 1. The van der Waals surface area contributed by atoms with Gasteiger partial charge in [0, 0.05) is 35.1 Å². The van der Waals surface area contributed by atoms with Gasteiger partial charge in [-0.1, -0.05) is 26.0 Å². The smallest absolute Gasteiger partial charge is 0.481 e. The first-order chi connectivity index (χ1) is 20.0. The summed E-state index contributed by atoms with van der Waals surface area (Å²) >= 11 is 0. The number of aryl methyl sites for hydroxylation is 2. The monoisotopic (exact) mass is 542 g/mol. The van der Waals surface area contributed by atoms with Gasteiger partial charge in [-0.15, -0.1) is 0 Å². The third-order valence-corrected chi connectivity index (χ3v) is 9.18. The van der Waals surface area contributed by atoms with Crippen molar-refractivity contribution >= 4 is 22.9 Å². The van der Waals surface area contributed by atoms with Gasteiger partial charge in [-0.05, 0) is 107 Å². The van der Waals surface area contributed by atoms with Crippen LogP contribution < -0.4 is 0 Å². The van der Waals surface area contributed by atoms with Crippen molar-refractivity contribution in [3.8, 4) is 11.1 Å². The molecule has 0 bridgehead atoms. The molecule has 3 aromatic rings. The fourth-order valence-electron chi connectivity index (χ4n) is 5.32. The molecule has 0 radical (unpaired) electrons. The summed E-state index contributed by atoms with van der Waals surface area (Å²) in [5, 5.41) is 11.9. The number of aromatic nitrogens is 1. The first kappa shape index (κ1) is 25.0. The highest BCUT2D eigenvalue weighted by Crippen LogP contribution is 2.42. The van der Waals surface area contributed by atoms with Crippen molar-refractivity contribution < 1.29 is 24.5 Å². The number of aliphatic hydroxyl groups is 1. The second-order valence-corrected chi connectivity index (χ2v) is 11.6. The molecule has 0 aliphatic rings. The van der Waals surface area contributed by atoms with E-state index in [1.807, 2.05) is 19.1 Å². The van der Waals surface area contributed by atoms with E-state index >= 15 is 0 Å². The fourth-order valence-corrected chi connectivity index (χ4v) is 5.32. The molecule has 0 saturated heterocycles. The Morgan fingerprint density at radius 1 is 1.15 bits per heavy atom. The molecule has 2 aromatic carbocycles. The Hall–Kier alpha value is -2.96. The average molecular weight is 543 g/mol. The topological polar surface area (TPSA) is 85.4 Å². The van der Waals surface area contributed by atoms with Gasteiger partial charge in [0.15, 0.2) is 5.60 Å². The molecule has 5 atom stereocenters. The van der Waals surface area contributed by atoms with E-state index in [4.69, 9.17) is 10.8 Å². The summed E-state index contributed by atoms with van der Waals surface area (Å²) in [5.74, 6) is -3.06. The van der Waals surface area contributed by atoms with Gasteiger partial charge in [0.1, 0.15) is 11.7 Å². The maximum Gasteiger partial charge on any atom is 0.487 e. The van der Waals surface area contributed by atoms with Crippen molar-refractivity contribution in [2.45, 2.75) is 92.9 Å². The number of carboxylic acid groups (broad SMARTS) is 1. The van der Waals surface area contributed by atoms with E-state index in [0.717, 1.165) is 50.8 Å². The minimum absolute atomic E-state index is 0.0881. The van der Waals surface area contributed by atoms with Crippen LogP contribution in [0.3, 0.4) is 0 Å². The third-order valence-electron chi connectivity index (χ3n) is 9.18. The molecule has 4 N–H and O–H groups in total. The zero-order chi connectivity index (χ0) is 32.6. The van der Waals surface area contributed by atoms with Crippen molar-refractivity contribution in [2.24, 2.45) is 11.8 Å². The predicted molar refractivity (Wildman–Crippen MR) is 159 cm³/mol. The first-order valence-corrected chi connectivity index (χ1v) is 13.7. The summed E-state index contributed by atoms with van der Waals surface area (Å²) in [7, 11) is 0. The molecule has 0 aliphatic heterocycles. The van der Waals surface area contributed by atoms with E-state index in [1.54, 1.807) is 26.8 Å². The number of carboxylic acids is 1. The van der Waals surface area contributed by atoms with E-state index in [9.17, 15) is 9.18 Å². The summed E-state index contributed by atoms with van der Waals surface area (Å²) in [6.07, 6.45) is 4.47. The van der Waals surface area contributed by atoms with Crippen LogP contribution in [-0.2, 0) is 4.79 Å². The zero-order valence-electron chi connectivity index (χ0n) is 28.9. The van der Waals surface area contributed by atoms with Crippen molar-refractivity contribution in [1.82, 2.24) is 4.57 Å². The van der Waals surface area contributed by atoms with Gasteiger partial charge in [0.25, 0.3) is 1.43 Å². The Morgan fingerprint density at radius 2 is 1.82 bits per heavy atom. The molecule has 6 heteroatoms. The van der Waals surface area contributed by atoms with Crippen LogP contribution in [0.25, 0.3) is 29.5 Å². The van der Waals surface area contributed by atoms with Crippen LogP contribution >= 0.6 is 0 Å². The number of nitrogens with zero attached hydrogens (tertiary/aromatic N) is 1. The molecular formula is C33H45FNO4+. The molecule has 0 fully saturated rings. The van der Waals surface area contributed by atoms with Gasteiger partial charge >= 0.3 is 8.83 Å². The van der Waals surface area contributed by atoms with Gasteiger partial charge in [-0.3, -0.25) is 4.79 Å². The number of benzene rings is 2. The lowest BCUT2D eigenvalue weighted by molar-refractivity contribution is -0.160. The number of fused-ring (bicyclic) bond motifs is 1. The van der Waals surface area contributed by atoms with Gasteiger partial charge in [-0.2, -0.15) is 0 Å². The van der Waals surface area contributed by atoms with Crippen LogP contribution in [0.2, 0.25) is 0 Å². The Balaban J connectivity index is 2.41. The zero-order valence-corrected chi connectivity index (χ0v) is 24.9. The maximum atomic E-state index is 14.6. The highest BCUT2D eigenvalue weighted by molar-refractivity contribution is 6.02. The number of hydrogen-bond donors (Lipinski definition) is 2. The highest BCUT2D eigenvalue weighted by atomic mass is 19.1. The Labute approximate surface area is 238 Å². The quantitative estimate of drug-likeness (QED) is 0.250. The molecule has 212 valence electrons. The normalized spacial score (nSPS) is 19.1. The molecule has 3 rings (SSSR count). The predicted octanol–water partition coefficient (Wildman–Crippen LogP) is 7.26. The van der Waals surface area contributed by atoms with Crippen molar-refractivity contribution in [1.29, 1.82) is 5.72 Å². The van der Waals surface area contributed by atoms with Crippen molar-refractivity contribution in [3.05, 3.63) is 64.1 Å². The van der Waals surface area contributed by atoms with Crippen LogP contribution in [0.1, 0.15) is 82.0 Å². The Kier molecular flexibility index (Phi) is 7.00. The summed E-state index contributed by atoms with van der Waals surface area (Å²) < 4.78 is 48.3.